The molecule has 0 spiro atoms. The summed E-state index contributed by atoms with van der Waals surface area (Å²) < 4.78 is 12.3. The molecule has 0 radical (unpaired) electrons. The summed E-state index contributed by atoms with van der Waals surface area (Å²) in [5.74, 6) is -0.701. The highest BCUT2D eigenvalue weighted by atomic mass is 16.4. The van der Waals surface area contributed by atoms with Crippen LogP contribution in [0.25, 0.3) is 22.1 Å². The fourth-order valence-corrected chi connectivity index (χ4v) is 4.20. The van der Waals surface area contributed by atoms with Crippen molar-refractivity contribution in [3.63, 3.8) is 0 Å². The van der Waals surface area contributed by atoms with E-state index in [1.165, 1.54) is 10.1 Å². The molecule has 0 saturated carbocycles. The number of furan rings is 1. The predicted octanol–water partition coefficient (Wildman–Crippen LogP) is 2.34. The highest BCUT2D eigenvalue weighted by Gasteiger charge is 2.18. The van der Waals surface area contributed by atoms with E-state index in [0.717, 1.165) is 55.7 Å². The van der Waals surface area contributed by atoms with Gasteiger partial charge in [-0.1, -0.05) is 6.07 Å². The third-order valence-electron chi connectivity index (χ3n) is 6.05. The maximum absolute atomic E-state index is 11.7. The quantitative estimate of drug-likeness (QED) is 0.532. The summed E-state index contributed by atoms with van der Waals surface area (Å²) in [7, 11) is 1.72. The Labute approximate surface area is 178 Å². The number of amides is 1. The lowest BCUT2D eigenvalue weighted by Crippen LogP contribution is -2.47. The Bertz CT molecular complexity index is 1320. The molecule has 0 atom stereocenters. The van der Waals surface area contributed by atoms with Crippen LogP contribution in [0.5, 0.6) is 0 Å². The van der Waals surface area contributed by atoms with Gasteiger partial charge in [0.1, 0.15) is 5.58 Å². The van der Waals surface area contributed by atoms with Crippen LogP contribution in [0, 0.1) is 0 Å². The number of hydrogen-bond acceptors (Lipinski definition) is 6. The van der Waals surface area contributed by atoms with Crippen LogP contribution in [-0.4, -0.2) is 48.1 Å². The van der Waals surface area contributed by atoms with E-state index in [2.05, 4.69) is 15.9 Å². The first kappa shape index (κ1) is 19.4. The zero-order valence-electron chi connectivity index (χ0n) is 17.3. The molecule has 8 nitrogen and oxygen atoms in total. The molecule has 160 valence electrons. The number of benzene rings is 2. The van der Waals surface area contributed by atoms with Gasteiger partial charge in [0.05, 0.1) is 5.52 Å². The maximum atomic E-state index is 11.7. The number of oxazole rings is 1. The van der Waals surface area contributed by atoms with E-state index < -0.39 is 5.91 Å². The van der Waals surface area contributed by atoms with Crippen molar-refractivity contribution < 1.29 is 13.6 Å². The molecule has 31 heavy (non-hydrogen) atoms. The Kier molecular flexibility index (Phi) is 4.78. The van der Waals surface area contributed by atoms with Crippen LogP contribution in [0.2, 0.25) is 0 Å². The third-order valence-corrected chi connectivity index (χ3v) is 6.05. The number of rotatable bonds is 5. The number of nitrogens with two attached hydrogens (primary N) is 1. The van der Waals surface area contributed by atoms with Gasteiger partial charge in [0, 0.05) is 50.8 Å². The lowest BCUT2D eigenvalue weighted by molar-refractivity contribution is 0.0976. The normalized spacial score (nSPS) is 15.2. The molecule has 1 amide bonds. The van der Waals surface area contributed by atoms with Crippen LogP contribution in [0.1, 0.15) is 16.1 Å². The van der Waals surface area contributed by atoms with Crippen molar-refractivity contribution in [1.29, 1.82) is 0 Å². The van der Waals surface area contributed by atoms with Gasteiger partial charge in [-0.25, -0.2) is 4.79 Å². The molecule has 1 fully saturated rings. The van der Waals surface area contributed by atoms with Crippen molar-refractivity contribution in [3.05, 3.63) is 64.3 Å². The Morgan fingerprint density at radius 1 is 1.00 bits per heavy atom. The summed E-state index contributed by atoms with van der Waals surface area (Å²) in [4.78, 5) is 27.8. The minimum atomic E-state index is -0.556. The molecule has 0 bridgehead atoms. The number of carbonyl (C=O) groups excluding carboxylic acids is 1. The maximum Gasteiger partial charge on any atom is 0.419 e. The number of nitrogens with zero attached hydrogens (tertiary/aromatic N) is 3. The van der Waals surface area contributed by atoms with E-state index in [1.807, 2.05) is 30.3 Å². The molecule has 1 aliphatic rings. The van der Waals surface area contributed by atoms with Gasteiger partial charge in [-0.15, -0.1) is 0 Å². The third kappa shape index (κ3) is 3.70. The summed E-state index contributed by atoms with van der Waals surface area (Å²) in [5.41, 5.74) is 9.73. The monoisotopic (exact) mass is 420 g/mol. The zero-order chi connectivity index (χ0) is 21.5. The molecule has 3 heterocycles. The molecule has 0 aliphatic carbocycles. The second kappa shape index (κ2) is 7.63. The first-order chi connectivity index (χ1) is 15.0. The average Bonchev–Trinajstić information content (AvgIpc) is 3.33. The van der Waals surface area contributed by atoms with Crippen molar-refractivity contribution in [1.82, 2.24) is 9.47 Å². The van der Waals surface area contributed by atoms with Gasteiger partial charge in [-0.05, 0) is 48.4 Å². The minimum absolute atomic E-state index is 0.185. The van der Waals surface area contributed by atoms with Gasteiger partial charge < -0.3 is 19.5 Å². The molecular formula is C23H24N4O4. The number of aromatic nitrogens is 1. The molecule has 1 saturated heterocycles. The molecule has 1 aliphatic heterocycles. The molecular weight excluding hydrogens is 396 g/mol. The molecule has 4 aromatic rings. The van der Waals surface area contributed by atoms with Crippen molar-refractivity contribution in [2.24, 2.45) is 12.8 Å². The topological polar surface area (TPSA) is 97.8 Å². The number of piperazine rings is 1. The van der Waals surface area contributed by atoms with Gasteiger partial charge >= 0.3 is 5.76 Å². The van der Waals surface area contributed by atoms with E-state index in [1.54, 1.807) is 13.1 Å². The number of fused-ring (bicyclic) bond motifs is 2. The summed E-state index contributed by atoms with van der Waals surface area (Å²) >= 11 is 0. The largest absolute Gasteiger partial charge is 0.451 e. The number of aryl methyl sites for hydroxylation is 1. The number of hydrogen-bond donors (Lipinski definition) is 1. The number of carbonyl (C=O) groups is 1. The molecule has 2 aromatic heterocycles. The first-order valence-corrected chi connectivity index (χ1v) is 10.4. The number of anilines is 1. The highest BCUT2D eigenvalue weighted by Crippen LogP contribution is 2.26. The van der Waals surface area contributed by atoms with Crippen LogP contribution in [0.15, 0.2) is 56.1 Å². The standard InChI is InChI=1S/C23H24N4O4/c1-25-18-4-2-15(12-20(18)31-23(25)29)6-7-26-8-10-27(11-9-26)17-3-5-19-16(13-17)14-21(30-19)22(24)28/h2-5,12-14H,6-11H2,1H3,(H2,24,28). The predicted molar refractivity (Wildman–Crippen MR) is 119 cm³/mol. The fourth-order valence-electron chi connectivity index (χ4n) is 4.20. The summed E-state index contributed by atoms with van der Waals surface area (Å²) in [6.07, 6.45) is 0.908. The second-order valence-corrected chi connectivity index (χ2v) is 8.00. The van der Waals surface area contributed by atoms with Crippen LogP contribution in [0.3, 0.4) is 0 Å². The van der Waals surface area contributed by atoms with E-state index in [4.69, 9.17) is 14.6 Å². The minimum Gasteiger partial charge on any atom is -0.451 e. The Morgan fingerprint density at radius 2 is 1.81 bits per heavy atom. The van der Waals surface area contributed by atoms with E-state index in [-0.39, 0.29) is 11.5 Å². The summed E-state index contributed by atoms with van der Waals surface area (Å²) in [6.45, 7) is 4.76. The Morgan fingerprint density at radius 3 is 2.58 bits per heavy atom. The van der Waals surface area contributed by atoms with Crippen molar-refractivity contribution in [3.8, 4) is 0 Å². The summed E-state index contributed by atoms with van der Waals surface area (Å²) in [6, 6.07) is 13.6. The van der Waals surface area contributed by atoms with E-state index in [9.17, 15) is 9.59 Å². The van der Waals surface area contributed by atoms with Gasteiger partial charge in [-0.2, -0.15) is 0 Å². The molecule has 2 aromatic carbocycles. The average molecular weight is 420 g/mol. The summed E-state index contributed by atoms with van der Waals surface area (Å²) in [5, 5.41) is 0.886. The van der Waals surface area contributed by atoms with Crippen LogP contribution >= 0.6 is 0 Å². The van der Waals surface area contributed by atoms with Crippen LogP contribution < -0.4 is 16.4 Å². The van der Waals surface area contributed by atoms with Crippen molar-refractivity contribution in [2.45, 2.75) is 6.42 Å². The molecule has 0 unspecified atom stereocenters. The second-order valence-electron chi connectivity index (χ2n) is 8.00. The lowest BCUT2D eigenvalue weighted by atomic mass is 10.1. The van der Waals surface area contributed by atoms with Crippen molar-refractivity contribution >= 4 is 33.7 Å². The van der Waals surface area contributed by atoms with Gasteiger partial charge in [0.2, 0.25) is 0 Å². The lowest BCUT2D eigenvalue weighted by Gasteiger charge is -2.36. The first-order valence-electron chi connectivity index (χ1n) is 10.4. The SMILES string of the molecule is Cn1c(=O)oc2cc(CCN3CCN(c4ccc5oc(C(N)=O)cc5c4)CC3)ccc21. The van der Waals surface area contributed by atoms with Crippen LogP contribution in [-0.2, 0) is 13.5 Å². The molecule has 5 rings (SSSR count). The van der Waals surface area contributed by atoms with Gasteiger partial charge in [0.25, 0.3) is 5.91 Å². The van der Waals surface area contributed by atoms with Crippen molar-refractivity contribution in [2.75, 3.05) is 37.6 Å². The zero-order valence-corrected chi connectivity index (χ0v) is 17.3. The van der Waals surface area contributed by atoms with Gasteiger partial charge in [-0.3, -0.25) is 14.3 Å². The smallest absolute Gasteiger partial charge is 0.419 e. The van der Waals surface area contributed by atoms with Crippen LogP contribution in [0.4, 0.5) is 5.69 Å². The van der Waals surface area contributed by atoms with E-state index >= 15 is 0 Å². The number of primary amides is 1. The Hall–Kier alpha value is -3.52. The molecule has 2 N–H and O–H groups in total. The van der Waals surface area contributed by atoms with Gasteiger partial charge in [0.15, 0.2) is 11.3 Å². The Balaban J connectivity index is 1.20. The highest BCUT2D eigenvalue weighted by molar-refractivity contribution is 5.95. The van der Waals surface area contributed by atoms with E-state index in [0.29, 0.717) is 11.2 Å². The fraction of sp³-hybridized carbons (Fsp3) is 0.304. The molecule has 8 heteroatoms.